The van der Waals surface area contributed by atoms with Crippen LogP contribution in [0.15, 0.2) is 0 Å². The highest BCUT2D eigenvalue weighted by Gasteiger charge is 2.39. The van der Waals surface area contributed by atoms with Gasteiger partial charge in [-0.3, -0.25) is 4.79 Å². The first-order valence-corrected chi connectivity index (χ1v) is 8.17. The van der Waals surface area contributed by atoms with E-state index in [1.54, 1.807) is 0 Å². The smallest absolute Gasteiger partial charge is 0.315 e. The lowest BCUT2D eigenvalue weighted by Crippen LogP contribution is -2.44. The molecule has 13 heavy (non-hydrogen) atoms. The molecule has 0 aromatic carbocycles. The molecule has 0 aromatic rings. The number of carbonyl (C=O) groups is 1. The molecule has 1 rings (SSSR count). The summed E-state index contributed by atoms with van der Waals surface area (Å²) < 4.78 is 4.95. The van der Waals surface area contributed by atoms with Crippen molar-refractivity contribution in [2.75, 3.05) is 0 Å². The second-order valence-corrected chi connectivity index (χ2v) is 9.14. The lowest BCUT2D eigenvalue weighted by Gasteiger charge is -2.30. The van der Waals surface area contributed by atoms with Crippen molar-refractivity contribution in [3.8, 4) is 11.5 Å². The molecule has 1 heterocycles. The molecule has 2 nitrogen and oxygen atoms in total. The van der Waals surface area contributed by atoms with Crippen LogP contribution in [0.2, 0.25) is 19.6 Å². The summed E-state index contributed by atoms with van der Waals surface area (Å²) in [6.45, 7) is 8.54. The fourth-order valence-corrected chi connectivity index (χ4v) is 1.72. The van der Waals surface area contributed by atoms with E-state index in [1.807, 2.05) is 6.92 Å². The predicted octanol–water partition coefficient (Wildman–Crippen LogP) is 1.82. The zero-order valence-corrected chi connectivity index (χ0v) is 9.68. The van der Waals surface area contributed by atoms with E-state index < -0.39 is 8.07 Å². The van der Waals surface area contributed by atoms with Crippen molar-refractivity contribution in [1.29, 1.82) is 0 Å². The maximum atomic E-state index is 10.9. The zero-order chi connectivity index (χ0) is 10.1. The van der Waals surface area contributed by atoms with Gasteiger partial charge < -0.3 is 4.74 Å². The number of rotatable bonds is 1. The normalized spacial score (nSPS) is 26.9. The molecule has 0 amide bonds. The summed E-state index contributed by atoms with van der Waals surface area (Å²) in [7, 11) is -1.32. The Morgan fingerprint density at radius 3 is 2.46 bits per heavy atom. The van der Waals surface area contributed by atoms with Crippen molar-refractivity contribution in [2.45, 2.75) is 39.1 Å². The van der Waals surface area contributed by atoms with Gasteiger partial charge in [0.05, 0.1) is 0 Å². The largest absolute Gasteiger partial charge is 0.448 e. The summed E-state index contributed by atoms with van der Waals surface area (Å²) >= 11 is 0. The third-order valence-electron chi connectivity index (χ3n) is 1.94. The number of carbonyl (C=O) groups excluding carboxylic acids is 1. The summed E-state index contributed by atoms with van der Waals surface area (Å²) in [6, 6.07) is 0. The van der Waals surface area contributed by atoms with Gasteiger partial charge in [0.25, 0.3) is 0 Å². The summed E-state index contributed by atoms with van der Waals surface area (Å²) in [5.74, 6) is 3.00. The average molecular weight is 196 g/mol. The first kappa shape index (κ1) is 10.3. The number of esters is 1. The van der Waals surface area contributed by atoms with E-state index in [0.717, 1.165) is 6.42 Å². The van der Waals surface area contributed by atoms with Gasteiger partial charge in [0, 0.05) is 0 Å². The first-order valence-electron chi connectivity index (χ1n) is 4.67. The van der Waals surface area contributed by atoms with E-state index in [9.17, 15) is 4.79 Å². The fourth-order valence-electron chi connectivity index (χ4n) is 1.14. The number of hydrogen-bond donors (Lipinski definition) is 0. The van der Waals surface area contributed by atoms with E-state index in [4.69, 9.17) is 4.74 Å². The third-order valence-corrected chi connectivity index (χ3v) is 2.83. The molecular weight excluding hydrogens is 180 g/mol. The topological polar surface area (TPSA) is 26.3 Å². The molecule has 1 saturated heterocycles. The van der Waals surface area contributed by atoms with Crippen LogP contribution >= 0.6 is 0 Å². The number of ether oxygens (including phenoxy) is 1. The van der Waals surface area contributed by atoms with Gasteiger partial charge in [-0.05, 0) is 6.42 Å². The molecule has 0 aliphatic carbocycles. The van der Waals surface area contributed by atoms with Crippen LogP contribution < -0.4 is 0 Å². The Morgan fingerprint density at radius 2 is 2.08 bits per heavy atom. The minimum atomic E-state index is -1.32. The summed E-state index contributed by atoms with van der Waals surface area (Å²) in [5.41, 5.74) is 3.22. The van der Waals surface area contributed by atoms with E-state index in [2.05, 4.69) is 31.1 Å². The lowest BCUT2D eigenvalue weighted by molar-refractivity contribution is -0.177. The molecule has 0 aromatic heterocycles. The van der Waals surface area contributed by atoms with Crippen molar-refractivity contribution in [3.05, 3.63) is 0 Å². The van der Waals surface area contributed by atoms with Crippen molar-refractivity contribution >= 4 is 14.0 Å². The van der Waals surface area contributed by atoms with Gasteiger partial charge in [0.2, 0.25) is 0 Å². The van der Waals surface area contributed by atoms with E-state index >= 15 is 0 Å². The van der Waals surface area contributed by atoms with Gasteiger partial charge in [-0.1, -0.05) is 32.5 Å². The molecule has 0 unspecified atom stereocenters. The SMILES string of the molecule is CC[C@H]1C(=O)O[C@H]1C#C[Si](C)(C)C. The molecule has 1 aliphatic heterocycles. The second kappa shape index (κ2) is 3.55. The minimum Gasteiger partial charge on any atom is -0.448 e. The van der Waals surface area contributed by atoms with Gasteiger partial charge in [0.1, 0.15) is 14.0 Å². The predicted molar refractivity (Wildman–Crippen MR) is 54.8 cm³/mol. The van der Waals surface area contributed by atoms with Gasteiger partial charge >= 0.3 is 5.97 Å². The second-order valence-electron chi connectivity index (χ2n) is 4.39. The fraction of sp³-hybridized carbons (Fsp3) is 0.700. The molecule has 72 valence electrons. The van der Waals surface area contributed by atoms with Crippen LogP contribution in [-0.2, 0) is 9.53 Å². The quantitative estimate of drug-likeness (QED) is 0.363. The molecule has 1 aliphatic rings. The summed E-state index contributed by atoms with van der Waals surface area (Å²) in [5, 5.41) is 0. The van der Waals surface area contributed by atoms with Crippen LogP contribution in [0.5, 0.6) is 0 Å². The van der Waals surface area contributed by atoms with Crippen LogP contribution in [0.4, 0.5) is 0 Å². The molecule has 0 saturated carbocycles. The Bertz CT molecular complexity index is 267. The Balaban J connectivity index is 2.56. The number of cyclic esters (lactones) is 1. The first-order chi connectivity index (χ1) is 5.94. The molecular formula is C10H16O2Si. The van der Waals surface area contributed by atoms with Crippen molar-refractivity contribution in [1.82, 2.24) is 0 Å². The molecule has 3 heteroatoms. The standard InChI is InChI=1S/C10H16O2Si/c1-5-8-9(12-10(8)11)6-7-13(2,3)4/h8-9H,5H2,1-4H3/t8-,9+/m1/s1. The molecule has 0 spiro atoms. The van der Waals surface area contributed by atoms with Crippen molar-refractivity contribution in [2.24, 2.45) is 5.92 Å². The molecule has 0 bridgehead atoms. The lowest BCUT2D eigenvalue weighted by atomic mass is 9.95. The zero-order valence-electron chi connectivity index (χ0n) is 8.68. The van der Waals surface area contributed by atoms with Crippen LogP contribution in [0.1, 0.15) is 13.3 Å². The van der Waals surface area contributed by atoms with Gasteiger partial charge in [-0.2, -0.15) is 0 Å². The third kappa shape index (κ3) is 2.60. The van der Waals surface area contributed by atoms with Gasteiger partial charge in [0.15, 0.2) is 6.10 Å². The molecule has 0 N–H and O–H groups in total. The van der Waals surface area contributed by atoms with E-state index in [-0.39, 0.29) is 18.0 Å². The summed E-state index contributed by atoms with van der Waals surface area (Å²) in [6.07, 6.45) is 0.716. The van der Waals surface area contributed by atoms with Crippen LogP contribution in [0.25, 0.3) is 0 Å². The Labute approximate surface area is 80.7 Å². The van der Waals surface area contributed by atoms with Crippen LogP contribution in [0, 0.1) is 17.4 Å². The highest BCUT2D eigenvalue weighted by Crippen LogP contribution is 2.24. The molecule has 1 fully saturated rings. The van der Waals surface area contributed by atoms with Gasteiger partial charge in [-0.25, -0.2) is 0 Å². The van der Waals surface area contributed by atoms with Crippen molar-refractivity contribution < 1.29 is 9.53 Å². The van der Waals surface area contributed by atoms with E-state index in [0.29, 0.717) is 0 Å². The van der Waals surface area contributed by atoms with Crippen LogP contribution in [0.3, 0.4) is 0 Å². The monoisotopic (exact) mass is 196 g/mol. The average Bonchev–Trinajstić information content (AvgIpc) is 1.96. The Morgan fingerprint density at radius 1 is 1.46 bits per heavy atom. The summed E-state index contributed by atoms with van der Waals surface area (Å²) in [4.78, 5) is 10.9. The Kier molecular flexibility index (Phi) is 2.82. The number of hydrogen-bond acceptors (Lipinski definition) is 2. The molecule has 2 atom stereocenters. The maximum absolute atomic E-state index is 10.9. The van der Waals surface area contributed by atoms with Crippen LogP contribution in [-0.4, -0.2) is 20.1 Å². The van der Waals surface area contributed by atoms with E-state index in [1.165, 1.54) is 0 Å². The maximum Gasteiger partial charge on any atom is 0.315 e. The highest BCUT2D eigenvalue weighted by molar-refractivity contribution is 6.83. The molecule has 0 radical (unpaired) electrons. The van der Waals surface area contributed by atoms with Gasteiger partial charge in [-0.15, -0.1) is 5.54 Å². The Hall–Kier alpha value is -0.753. The van der Waals surface area contributed by atoms with Crippen molar-refractivity contribution in [3.63, 3.8) is 0 Å². The highest BCUT2D eigenvalue weighted by atomic mass is 28.3. The minimum absolute atomic E-state index is 0.0313.